The molecule has 36 heteroatoms. The van der Waals surface area contributed by atoms with E-state index in [1.54, 1.807) is 38.1 Å². The lowest BCUT2D eigenvalue weighted by molar-refractivity contribution is -0.142. The fourth-order valence-corrected chi connectivity index (χ4v) is 10.3. The zero-order valence-corrected chi connectivity index (χ0v) is 57.2. The average molecular weight is 1430 g/mol. The molecule has 35 nitrogen and oxygen atoms in total. The molecule has 0 unspecified atom stereocenters. The van der Waals surface area contributed by atoms with Crippen LogP contribution < -0.4 is 81.4 Å². The molecule has 3 rings (SSSR count). The molecule has 556 valence electrons. The first-order valence-electron chi connectivity index (χ1n) is 33.0. The number of aromatic hydroxyl groups is 1. The molecule has 0 aliphatic heterocycles. The van der Waals surface area contributed by atoms with Crippen LogP contribution in [0, 0.1) is 5.92 Å². The summed E-state index contributed by atoms with van der Waals surface area (Å²) in [5.74, 6) is -14.6. The summed E-state index contributed by atoms with van der Waals surface area (Å²) in [6.07, 6.45) is -0.257. The Kier molecular flexibility index (Phi) is 38.2. The number of aromatic nitrogens is 1. The van der Waals surface area contributed by atoms with Crippen molar-refractivity contribution in [2.24, 2.45) is 28.9 Å². The molecule has 100 heavy (non-hydrogen) atoms. The lowest BCUT2D eigenvalue weighted by atomic mass is 10.00. The normalized spacial score (nSPS) is 14.8. The highest BCUT2D eigenvalue weighted by Gasteiger charge is 2.38. The van der Waals surface area contributed by atoms with E-state index in [2.05, 4.69) is 76.1 Å². The second-order valence-electron chi connectivity index (χ2n) is 24.4. The summed E-state index contributed by atoms with van der Waals surface area (Å²) in [5, 5.41) is 89.1. The maximum absolute atomic E-state index is 14.6. The number of aromatic amines is 1. The number of aliphatic hydroxyl groups excluding tert-OH is 3. The number of hydrogen-bond donors (Lipinski definition) is 23. The van der Waals surface area contributed by atoms with Gasteiger partial charge in [-0.1, -0.05) is 44.2 Å². The number of phenols is 1. The van der Waals surface area contributed by atoms with Crippen LogP contribution in [0.2, 0.25) is 0 Å². The Labute approximate surface area is 583 Å². The van der Waals surface area contributed by atoms with E-state index in [4.69, 9.17) is 22.9 Å². The van der Waals surface area contributed by atoms with Crippen LogP contribution in [0.5, 0.6) is 5.75 Å². The van der Waals surface area contributed by atoms with Gasteiger partial charge in [0.15, 0.2) is 0 Å². The summed E-state index contributed by atoms with van der Waals surface area (Å²) < 4.78 is 0. The summed E-state index contributed by atoms with van der Waals surface area (Å²) >= 11 is 3.96. The summed E-state index contributed by atoms with van der Waals surface area (Å²) in [6, 6.07) is -5.29. The van der Waals surface area contributed by atoms with Gasteiger partial charge < -0.3 is 117 Å². The smallest absolute Gasteiger partial charge is 0.326 e. The number of carbonyl (C=O) groups is 13. The van der Waals surface area contributed by atoms with Crippen molar-refractivity contribution in [3.05, 3.63) is 65.9 Å². The van der Waals surface area contributed by atoms with E-state index >= 15 is 0 Å². The van der Waals surface area contributed by atoms with E-state index in [1.807, 2.05) is 0 Å². The zero-order chi connectivity index (χ0) is 74.6. The summed E-state index contributed by atoms with van der Waals surface area (Å²) in [6.45, 7) is 2.44. The molecule has 0 radical (unpaired) electrons. The Morgan fingerprint density at radius 3 is 1.43 bits per heavy atom. The standard InChI is InChI=1S/C64H100N16O19S/c1-34(2)26-46(75-61(95)49(31-81)78-55(89)42(14-6-9-23-65)71-51(85)30-70-54(88)40(68)33-100)58(92)76-47(27-36-17-19-38(84)20-18-36)59(93)72-44(21-22-52(86)87)57(91)79-50(32-82)62(96)77-48(28-37-29-69-41-13-5-4-12-39(37)41)60(94)80-53(35(3)83)63(97)73-43(15-7-10-24-66)56(90)74-45(64(98)99)16-8-11-25-67/h4-5,12-13,17-20,29,34-35,40,42-50,53,69,81-84,100H,6-11,14-16,21-28,30-33,65-68H2,1-3H3,(H,70,88)(H,71,85)(H,72,93)(H,73,97)(H,74,90)(H,75,95)(H,76,92)(H,77,96)(H,78,89)(H,79,91)(H,80,94)(H,86,87)(H,98,99)/t35-,40+,42+,43+,44+,45+,46+,47+,48+,49+,50+,53+/m1/s1. The molecule has 12 atom stereocenters. The molecule has 3 aromatic rings. The van der Waals surface area contributed by atoms with Crippen molar-refractivity contribution in [2.75, 3.05) is 45.1 Å². The average Bonchev–Trinajstić information content (AvgIpc) is 1.61. The molecule has 1 heterocycles. The van der Waals surface area contributed by atoms with Crippen LogP contribution in [0.1, 0.15) is 109 Å². The van der Waals surface area contributed by atoms with Crippen molar-refractivity contribution < 1.29 is 93.0 Å². The summed E-state index contributed by atoms with van der Waals surface area (Å²) in [4.78, 5) is 180. The number of aliphatic carboxylic acids is 2. The Morgan fingerprint density at radius 2 is 0.930 bits per heavy atom. The van der Waals surface area contributed by atoms with Crippen LogP contribution in [0.4, 0.5) is 0 Å². The van der Waals surface area contributed by atoms with Crippen molar-refractivity contribution in [3.63, 3.8) is 0 Å². The van der Waals surface area contributed by atoms with E-state index < -0.39 is 189 Å². The lowest BCUT2D eigenvalue weighted by Crippen LogP contribution is -2.62. The fourth-order valence-electron chi connectivity index (χ4n) is 10.2. The highest BCUT2D eigenvalue weighted by molar-refractivity contribution is 7.80. The van der Waals surface area contributed by atoms with Crippen LogP contribution in [0.15, 0.2) is 54.7 Å². The molecule has 0 saturated heterocycles. The number of carbonyl (C=O) groups excluding carboxylic acids is 11. The molecular formula is C64H100N16O19S. The number of unbranched alkanes of at least 4 members (excludes halogenated alkanes) is 3. The maximum atomic E-state index is 14.6. The van der Waals surface area contributed by atoms with E-state index in [9.17, 15) is 93.0 Å². The predicted octanol–water partition coefficient (Wildman–Crippen LogP) is -5.37. The summed E-state index contributed by atoms with van der Waals surface area (Å²) in [7, 11) is 0. The van der Waals surface area contributed by atoms with Gasteiger partial charge in [0.2, 0.25) is 65.0 Å². The molecule has 2 aromatic carbocycles. The summed E-state index contributed by atoms with van der Waals surface area (Å²) in [5.41, 5.74) is 23.9. The molecule has 0 spiro atoms. The number of rotatable bonds is 48. The Bertz CT molecular complexity index is 3200. The first-order chi connectivity index (χ1) is 47.5. The molecule has 0 bridgehead atoms. The first-order valence-corrected chi connectivity index (χ1v) is 33.6. The van der Waals surface area contributed by atoms with Crippen LogP contribution in [-0.4, -0.2) is 230 Å². The van der Waals surface area contributed by atoms with Gasteiger partial charge in [-0.15, -0.1) is 0 Å². The Balaban J connectivity index is 1.97. The third-order valence-corrected chi connectivity index (χ3v) is 16.1. The monoisotopic (exact) mass is 1430 g/mol. The van der Waals surface area contributed by atoms with E-state index in [0.29, 0.717) is 54.1 Å². The number of thiol groups is 1. The minimum atomic E-state index is -1.98. The molecule has 1 aromatic heterocycles. The van der Waals surface area contributed by atoms with Gasteiger partial charge in [-0.3, -0.25) is 57.5 Å². The van der Waals surface area contributed by atoms with Gasteiger partial charge in [-0.25, -0.2) is 4.79 Å². The van der Waals surface area contributed by atoms with Crippen LogP contribution in [-0.2, 0) is 75.2 Å². The number of amides is 11. The minimum Gasteiger partial charge on any atom is -0.508 e. The zero-order valence-electron chi connectivity index (χ0n) is 56.3. The number of aliphatic hydroxyl groups is 3. The van der Waals surface area contributed by atoms with Crippen LogP contribution in [0.3, 0.4) is 0 Å². The van der Waals surface area contributed by atoms with Crippen LogP contribution in [0.25, 0.3) is 10.9 Å². The van der Waals surface area contributed by atoms with Gasteiger partial charge in [0, 0.05) is 42.1 Å². The van der Waals surface area contributed by atoms with Gasteiger partial charge in [-0.2, -0.15) is 12.6 Å². The largest absolute Gasteiger partial charge is 0.508 e. The van der Waals surface area contributed by atoms with Gasteiger partial charge in [0.05, 0.1) is 31.9 Å². The van der Waals surface area contributed by atoms with Crippen LogP contribution >= 0.6 is 12.6 Å². The van der Waals surface area contributed by atoms with Crippen molar-refractivity contribution in [1.29, 1.82) is 0 Å². The van der Waals surface area contributed by atoms with Crippen molar-refractivity contribution in [2.45, 2.75) is 183 Å². The lowest BCUT2D eigenvalue weighted by Gasteiger charge is -2.28. The molecule has 0 fully saturated rings. The van der Waals surface area contributed by atoms with Gasteiger partial charge in [0.25, 0.3) is 0 Å². The van der Waals surface area contributed by atoms with Gasteiger partial charge in [0.1, 0.15) is 66.2 Å². The van der Waals surface area contributed by atoms with Crippen molar-refractivity contribution in [3.8, 4) is 5.75 Å². The van der Waals surface area contributed by atoms with E-state index in [-0.39, 0.29) is 75.6 Å². The number of carboxylic acids is 2. The highest BCUT2D eigenvalue weighted by atomic mass is 32.1. The number of phenolic OH excluding ortho intramolecular Hbond substituents is 1. The maximum Gasteiger partial charge on any atom is 0.326 e. The SMILES string of the molecule is CC(C)C[C@H](NC(=O)[C@H](CO)NC(=O)[C@H](CCCCN)NC(=O)CNC(=O)[C@@H](N)CS)C(=O)N[C@@H](Cc1ccc(O)cc1)C(=O)N[C@@H](CCC(=O)O)C(=O)N[C@@H](CO)C(=O)N[C@@H](Cc1c[nH]c2ccccc12)C(=O)N[C@H](C(=O)N[C@@H](CCCCN)C(=O)N[C@@H](CCCCN)C(=O)O)[C@@H](C)O. The number of nitrogens with one attached hydrogen (secondary N) is 12. The number of hydrogen-bond acceptors (Lipinski definition) is 22. The Morgan fingerprint density at radius 1 is 0.500 bits per heavy atom. The number of nitrogens with two attached hydrogens (primary N) is 4. The Hall–Kier alpha value is -9.04. The van der Waals surface area contributed by atoms with Gasteiger partial charge >= 0.3 is 11.9 Å². The molecule has 0 aliphatic rings. The predicted molar refractivity (Wildman–Crippen MR) is 366 cm³/mol. The van der Waals surface area contributed by atoms with Crippen molar-refractivity contribution >= 4 is 100 Å². The number of carboxylic acid groups (broad SMARTS) is 2. The number of fused-ring (bicyclic) bond motifs is 1. The number of para-hydroxylation sites is 1. The third kappa shape index (κ3) is 29.8. The highest BCUT2D eigenvalue weighted by Crippen LogP contribution is 2.20. The molecule has 0 aliphatic carbocycles. The molecule has 26 N–H and O–H groups in total. The second-order valence-corrected chi connectivity index (χ2v) is 24.8. The number of H-pyrrole nitrogens is 1. The molecule has 11 amide bonds. The van der Waals surface area contributed by atoms with E-state index in [0.717, 1.165) is 6.92 Å². The van der Waals surface area contributed by atoms with E-state index in [1.165, 1.54) is 30.5 Å². The molecular weight excluding hydrogens is 1330 g/mol. The molecule has 0 saturated carbocycles. The fraction of sp³-hybridized carbons (Fsp3) is 0.578. The number of benzene rings is 2. The first kappa shape index (κ1) is 85.2. The second kappa shape index (κ2) is 44.9. The van der Waals surface area contributed by atoms with Gasteiger partial charge in [-0.05, 0) is 132 Å². The minimum absolute atomic E-state index is 0.00540. The third-order valence-electron chi connectivity index (χ3n) is 15.8. The topological polar surface area (TPSA) is 595 Å². The van der Waals surface area contributed by atoms with Crippen molar-refractivity contribution in [1.82, 2.24) is 63.5 Å². The quantitative estimate of drug-likeness (QED) is 0.0185.